The molecule has 1 aromatic carbocycles. The number of ether oxygens (including phenoxy) is 1. The molecule has 3 rings (SSSR count). The van der Waals surface area contributed by atoms with Gasteiger partial charge in [-0.2, -0.15) is 0 Å². The van der Waals surface area contributed by atoms with Crippen molar-refractivity contribution in [2.45, 2.75) is 18.0 Å². The van der Waals surface area contributed by atoms with Crippen molar-refractivity contribution in [2.24, 2.45) is 0 Å². The summed E-state index contributed by atoms with van der Waals surface area (Å²) < 4.78 is 44.3. The number of benzene rings is 1. The number of aromatic nitrogens is 1. The molecule has 2 aromatic rings. The largest absolute Gasteiger partial charge is 0.503 e. The molecular formula is C20H26FN3O7S. The molecule has 2 N–H and O–H groups in total. The molecule has 1 fully saturated rings. The normalized spacial score (nSPS) is 15.1. The van der Waals surface area contributed by atoms with Crippen LogP contribution >= 0.6 is 0 Å². The highest BCUT2D eigenvalue weighted by Crippen LogP contribution is 2.32. The third-order valence-electron chi connectivity index (χ3n) is 5.20. The number of halogens is 1. The first kappa shape index (κ1) is 24.0. The van der Waals surface area contributed by atoms with Gasteiger partial charge in [0.25, 0.3) is 5.91 Å². The molecule has 0 spiro atoms. The second kappa shape index (κ2) is 9.86. The van der Waals surface area contributed by atoms with Crippen molar-refractivity contribution < 1.29 is 37.4 Å². The number of hydrogen-bond donors (Lipinski definition) is 2. The number of amides is 1. The van der Waals surface area contributed by atoms with Gasteiger partial charge >= 0.3 is 0 Å². The van der Waals surface area contributed by atoms with Gasteiger partial charge in [-0.1, -0.05) is 6.07 Å². The number of carbonyl (C=O) groups is 1. The monoisotopic (exact) mass is 471 g/mol. The van der Waals surface area contributed by atoms with Gasteiger partial charge in [-0.15, -0.1) is 0 Å². The third-order valence-corrected chi connectivity index (χ3v) is 6.38. The number of hydrogen-bond acceptors (Lipinski definition) is 8. The number of rotatable bonds is 8. The van der Waals surface area contributed by atoms with E-state index in [1.54, 1.807) is 0 Å². The Labute approximate surface area is 185 Å². The lowest BCUT2D eigenvalue weighted by Gasteiger charge is -2.26. The van der Waals surface area contributed by atoms with Crippen LogP contribution in [-0.4, -0.2) is 85.3 Å². The molecule has 0 unspecified atom stereocenters. The number of carbonyl (C=O) groups excluding carboxylic acids is 1. The van der Waals surface area contributed by atoms with Crippen LogP contribution in [0, 0.1) is 5.82 Å². The zero-order chi connectivity index (χ0) is 23.5. The van der Waals surface area contributed by atoms with E-state index >= 15 is 0 Å². The average Bonchev–Trinajstić information content (AvgIpc) is 3.05. The van der Waals surface area contributed by atoms with Crippen LogP contribution < -0.4 is 0 Å². The summed E-state index contributed by atoms with van der Waals surface area (Å²) in [6, 6.07) is 3.19. The van der Waals surface area contributed by atoms with Crippen LogP contribution in [0.4, 0.5) is 4.39 Å². The van der Waals surface area contributed by atoms with Crippen LogP contribution in [0.3, 0.4) is 0 Å². The third kappa shape index (κ3) is 5.38. The number of hydroxylamine groups is 2. The van der Waals surface area contributed by atoms with Crippen LogP contribution in [-0.2, 0) is 32.5 Å². The lowest BCUT2D eigenvalue weighted by atomic mass is 10.2. The molecule has 1 aromatic heterocycles. The predicted molar refractivity (Wildman–Crippen MR) is 111 cm³/mol. The minimum atomic E-state index is -3.77. The number of aromatic hydroxyl groups is 2. The maximum Gasteiger partial charge on any atom is 0.283 e. The lowest BCUT2D eigenvalue weighted by molar-refractivity contribution is -0.102. The van der Waals surface area contributed by atoms with Crippen molar-refractivity contribution in [3.63, 3.8) is 0 Å². The standard InChI is InChI=1S/C20H26FN3O7S/c1-30-24(12-14-3-4-15(21)11-17(14)32(2,28)29)19(26)16-13-23(20(27)18(16)25)6-5-22-7-9-31-10-8-22/h3-4,11,13,25,27H,5-10,12H2,1-2H3. The summed E-state index contributed by atoms with van der Waals surface area (Å²) in [7, 11) is -2.57. The SMILES string of the molecule is CON(Cc1ccc(F)cc1S(C)(=O)=O)C(=O)c1cn(CCN2CCOCC2)c(O)c1O. The van der Waals surface area contributed by atoms with Crippen molar-refractivity contribution in [1.82, 2.24) is 14.5 Å². The molecule has 10 nitrogen and oxygen atoms in total. The molecule has 0 atom stereocenters. The van der Waals surface area contributed by atoms with Gasteiger partial charge in [0.15, 0.2) is 15.6 Å². The van der Waals surface area contributed by atoms with Gasteiger partial charge in [0.1, 0.15) is 11.4 Å². The van der Waals surface area contributed by atoms with Crippen molar-refractivity contribution in [3.05, 3.63) is 41.3 Å². The lowest BCUT2D eigenvalue weighted by Crippen LogP contribution is -2.38. The van der Waals surface area contributed by atoms with Gasteiger partial charge in [0, 0.05) is 38.6 Å². The van der Waals surface area contributed by atoms with E-state index in [0.717, 1.165) is 36.5 Å². The molecule has 0 saturated carbocycles. The van der Waals surface area contributed by atoms with Crippen molar-refractivity contribution >= 4 is 15.7 Å². The Bertz CT molecular complexity index is 1080. The van der Waals surface area contributed by atoms with Crippen molar-refractivity contribution in [1.29, 1.82) is 0 Å². The fraction of sp³-hybridized carbons (Fsp3) is 0.450. The van der Waals surface area contributed by atoms with Gasteiger partial charge in [0.05, 0.1) is 31.8 Å². The van der Waals surface area contributed by atoms with Crippen LogP contribution in [0.5, 0.6) is 11.6 Å². The smallest absolute Gasteiger partial charge is 0.283 e. The molecule has 0 aliphatic carbocycles. The predicted octanol–water partition coefficient (Wildman–Crippen LogP) is 0.978. The Kier molecular flexibility index (Phi) is 7.39. The molecule has 0 bridgehead atoms. The van der Waals surface area contributed by atoms with Gasteiger partial charge in [-0.25, -0.2) is 17.9 Å². The van der Waals surface area contributed by atoms with E-state index in [1.165, 1.54) is 23.9 Å². The van der Waals surface area contributed by atoms with Gasteiger partial charge in [-0.3, -0.25) is 14.5 Å². The maximum absolute atomic E-state index is 13.6. The quantitative estimate of drug-likeness (QED) is 0.547. The highest BCUT2D eigenvalue weighted by Gasteiger charge is 2.27. The first-order chi connectivity index (χ1) is 15.1. The summed E-state index contributed by atoms with van der Waals surface area (Å²) in [6.07, 6.45) is 2.24. The first-order valence-electron chi connectivity index (χ1n) is 9.87. The first-order valence-corrected chi connectivity index (χ1v) is 11.8. The van der Waals surface area contributed by atoms with Crippen LogP contribution in [0.1, 0.15) is 15.9 Å². The Balaban J connectivity index is 1.80. The Morgan fingerprint density at radius 3 is 2.56 bits per heavy atom. The molecule has 12 heteroatoms. The fourth-order valence-corrected chi connectivity index (χ4v) is 4.38. The second-order valence-electron chi connectivity index (χ2n) is 7.41. The van der Waals surface area contributed by atoms with E-state index in [2.05, 4.69) is 4.90 Å². The summed E-state index contributed by atoms with van der Waals surface area (Å²) in [5.74, 6) is -2.60. The Hall–Kier alpha value is -2.67. The molecule has 1 aliphatic rings. The second-order valence-corrected chi connectivity index (χ2v) is 9.40. The van der Waals surface area contributed by atoms with E-state index in [0.29, 0.717) is 26.3 Å². The van der Waals surface area contributed by atoms with Crippen LogP contribution in [0.15, 0.2) is 29.3 Å². The molecular weight excluding hydrogens is 445 g/mol. The van der Waals surface area contributed by atoms with E-state index in [9.17, 15) is 27.8 Å². The summed E-state index contributed by atoms with van der Waals surface area (Å²) in [5, 5.41) is 21.4. The topological polar surface area (TPSA) is 122 Å². The molecule has 1 saturated heterocycles. The number of morpholine rings is 1. The Morgan fingerprint density at radius 1 is 1.25 bits per heavy atom. The maximum atomic E-state index is 13.6. The average molecular weight is 472 g/mol. The van der Waals surface area contributed by atoms with Crippen molar-refractivity contribution in [2.75, 3.05) is 46.2 Å². The number of sulfone groups is 1. The summed E-state index contributed by atoms with van der Waals surface area (Å²) in [6.45, 7) is 3.32. The van der Waals surface area contributed by atoms with Crippen LogP contribution in [0.25, 0.3) is 0 Å². The molecule has 32 heavy (non-hydrogen) atoms. The Morgan fingerprint density at radius 2 is 1.94 bits per heavy atom. The van der Waals surface area contributed by atoms with Gasteiger partial charge in [0.2, 0.25) is 5.88 Å². The zero-order valence-electron chi connectivity index (χ0n) is 17.8. The van der Waals surface area contributed by atoms with E-state index in [4.69, 9.17) is 9.57 Å². The molecule has 1 aliphatic heterocycles. The molecule has 0 radical (unpaired) electrons. The fourth-order valence-electron chi connectivity index (χ4n) is 3.45. The van der Waals surface area contributed by atoms with Gasteiger partial charge in [-0.05, 0) is 17.7 Å². The highest BCUT2D eigenvalue weighted by molar-refractivity contribution is 7.90. The van der Waals surface area contributed by atoms with E-state index in [1.807, 2.05) is 0 Å². The minimum Gasteiger partial charge on any atom is -0.503 e. The van der Waals surface area contributed by atoms with E-state index in [-0.39, 0.29) is 22.6 Å². The highest BCUT2D eigenvalue weighted by atomic mass is 32.2. The number of nitrogens with zero attached hydrogens (tertiary/aromatic N) is 3. The summed E-state index contributed by atoms with van der Waals surface area (Å²) >= 11 is 0. The molecule has 2 heterocycles. The van der Waals surface area contributed by atoms with Crippen LogP contribution in [0.2, 0.25) is 0 Å². The minimum absolute atomic E-state index is 0.138. The molecule has 176 valence electrons. The zero-order valence-corrected chi connectivity index (χ0v) is 18.6. The summed E-state index contributed by atoms with van der Waals surface area (Å²) in [4.78, 5) is 19.9. The van der Waals surface area contributed by atoms with Gasteiger partial charge < -0.3 is 19.5 Å². The summed E-state index contributed by atoms with van der Waals surface area (Å²) in [5.41, 5.74) is -0.0751. The van der Waals surface area contributed by atoms with Crippen molar-refractivity contribution in [3.8, 4) is 11.6 Å². The van der Waals surface area contributed by atoms with E-state index < -0.39 is 33.2 Å². The molecule has 1 amide bonds.